The standard InChI is InChI=1S/C21H23NO6/c23-12-16-18(24)19(25)20(26)21(28-16)27-15-8-4-7-14-9-10-22(17(14)15)11-13-5-2-1-3-6-13/h1-10,16,18-21,23-26H,11-12H2/t16-,18-,19+,20-,21-/m1/s1. The Kier molecular flexibility index (Phi) is 5.34. The van der Waals surface area contributed by atoms with Gasteiger partial charge in [-0.15, -0.1) is 0 Å². The molecule has 2 heterocycles. The Bertz CT molecular complexity index is 925. The van der Waals surface area contributed by atoms with Gasteiger partial charge in [-0.25, -0.2) is 0 Å². The minimum Gasteiger partial charge on any atom is -0.460 e. The van der Waals surface area contributed by atoms with Crippen molar-refractivity contribution in [3.8, 4) is 5.75 Å². The van der Waals surface area contributed by atoms with Gasteiger partial charge in [0.2, 0.25) is 6.29 Å². The van der Waals surface area contributed by atoms with E-state index < -0.39 is 37.3 Å². The number of aromatic nitrogens is 1. The van der Waals surface area contributed by atoms with Gasteiger partial charge in [0.1, 0.15) is 30.2 Å². The number of ether oxygens (including phenoxy) is 2. The van der Waals surface area contributed by atoms with Crippen molar-refractivity contribution in [2.24, 2.45) is 0 Å². The Labute approximate surface area is 162 Å². The molecule has 2 aromatic carbocycles. The maximum absolute atomic E-state index is 10.3. The highest BCUT2D eigenvalue weighted by Gasteiger charge is 2.44. The first-order valence-electron chi connectivity index (χ1n) is 9.17. The summed E-state index contributed by atoms with van der Waals surface area (Å²) in [4.78, 5) is 0. The van der Waals surface area contributed by atoms with Gasteiger partial charge < -0.3 is 34.5 Å². The van der Waals surface area contributed by atoms with Gasteiger partial charge in [-0.3, -0.25) is 0 Å². The summed E-state index contributed by atoms with van der Waals surface area (Å²) in [5.74, 6) is 0.475. The van der Waals surface area contributed by atoms with Crippen LogP contribution in [0.4, 0.5) is 0 Å². The van der Waals surface area contributed by atoms with Gasteiger partial charge in [-0.05, 0) is 17.7 Å². The van der Waals surface area contributed by atoms with Crippen LogP contribution in [0.25, 0.3) is 10.9 Å². The van der Waals surface area contributed by atoms with Crippen LogP contribution in [0.5, 0.6) is 5.75 Å². The molecule has 1 fully saturated rings. The summed E-state index contributed by atoms with van der Waals surface area (Å²) in [5, 5.41) is 40.5. The molecule has 4 N–H and O–H groups in total. The molecular formula is C21H23NO6. The predicted molar refractivity (Wildman–Crippen MR) is 102 cm³/mol. The third-order valence-corrected chi connectivity index (χ3v) is 5.04. The van der Waals surface area contributed by atoms with Crippen LogP contribution < -0.4 is 4.74 Å². The summed E-state index contributed by atoms with van der Waals surface area (Å²) in [6.07, 6.45) is -4.63. The largest absolute Gasteiger partial charge is 0.460 e. The molecule has 28 heavy (non-hydrogen) atoms. The van der Waals surface area contributed by atoms with Gasteiger partial charge in [0, 0.05) is 18.1 Å². The third kappa shape index (κ3) is 3.50. The molecule has 7 heteroatoms. The van der Waals surface area contributed by atoms with E-state index in [4.69, 9.17) is 9.47 Å². The number of aliphatic hydroxyl groups is 4. The van der Waals surface area contributed by atoms with Crippen molar-refractivity contribution in [2.45, 2.75) is 37.3 Å². The molecule has 3 aromatic rings. The predicted octanol–water partition coefficient (Wildman–Crippen LogP) is 0.868. The van der Waals surface area contributed by atoms with Crippen molar-refractivity contribution < 1.29 is 29.9 Å². The molecule has 0 saturated carbocycles. The minimum atomic E-state index is -1.48. The number of aliphatic hydroxyl groups excluding tert-OH is 4. The summed E-state index contributed by atoms with van der Waals surface area (Å²) in [6, 6.07) is 17.5. The number of hydrogen-bond acceptors (Lipinski definition) is 6. The molecule has 4 rings (SSSR count). The van der Waals surface area contributed by atoms with Gasteiger partial charge in [0.25, 0.3) is 0 Å². The Hall–Kier alpha value is -2.42. The molecule has 0 aliphatic carbocycles. The number of rotatable bonds is 5. The lowest BCUT2D eigenvalue weighted by atomic mass is 9.99. The lowest BCUT2D eigenvalue weighted by Crippen LogP contribution is -2.60. The van der Waals surface area contributed by atoms with Crippen molar-refractivity contribution >= 4 is 10.9 Å². The average molecular weight is 385 g/mol. The summed E-state index contributed by atoms with van der Waals surface area (Å²) in [7, 11) is 0. The minimum absolute atomic E-state index is 0.475. The smallest absolute Gasteiger partial charge is 0.229 e. The molecule has 0 radical (unpaired) electrons. The highest BCUT2D eigenvalue weighted by atomic mass is 16.7. The lowest BCUT2D eigenvalue weighted by Gasteiger charge is -2.39. The van der Waals surface area contributed by atoms with E-state index in [1.807, 2.05) is 59.3 Å². The number of para-hydroxylation sites is 1. The third-order valence-electron chi connectivity index (χ3n) is 5.04. The first-order chi connectivity index (χ1) is 13.6. The van der Waals surface area contributed by atoms with Crippen molar-refractivity contribution in [2.75, 3.05) is 6.61 Å². The van der Waals surface area contributed by atoms with Gasteiger partial charge in [-0.1, -0.05) is 42.5 Å². The van der Waals surface area contributed by atoms with E-state index in [9.17, 15) is 20.4 Å². The first-order valence-corrected chi connectivity index (χ1v) is 9.17. The summed E-state index contributed by atoms with van der Waals surface area (Å²) in [5.41, 5.74) is 1.95. The van der Waals surface area contributed by atoms with Gasteiger partial charge in [0.15, 0.2) is 0 Å². The zero-order valence-corrected chi connectivity index (χ0v) is 15.1. The van der Waals surface area contributed by atoms with Crippen molar-refractivity contribution in [1.82, 2.24) is 4.57 Å². The molecule has 0 amide bonds. The molecule has 7 nitrogen and oxygen atoms in total. The maximum Gasteiger partial charge on any atom is 0.229 e. The van der Waals surface area contributed by atoms with E-state index in [0.717, 1.165) is 16.5 Å². The van der Waals surface area contributed by atoms with E-state index >= 15 is 0 Å². The van der Waals surface area contributed by atoms with Crippen molar-refractivity contribution in [3.63, 3.8) is 0 Å². The summed E-state index contributed by atoms with van der Waals surface area (Å²) < 4.78 is 13.4. The molecule has 0 unspecified atom stereocenters. The molecule has 1 saturated heterocycles. The van der Waals surface area contributed by atoms with Gasteiger partial charge in [-0.2, -0.15) is 0 Å². The monoisotopic (exact) mass is 385 g/mol. The van der Waals surface area contributed by atoms with E-state index in [1.165, 1.54) is 0 Å². The van der Waals surface area contributed by atoms with Crippen molar-refractivity contribution in [1.29, 1.82) is 0 Å². The highest BCUT2D eigenvalue weighted by molar-refractivity contribution is 5.86. The zero-order chi connectivity index (χ0) is 19.7. The Morgan fingerprint density at radius 3 is 2.43 bits per heavy atom. The van der Waals surface area contributed by atoms with E-state index in [0.29, 0.717) is 12.3 Å². The Balaban J connectivity index is 1.64. The number of benzene rings is 2. The van der Waals surface area contributed by atoms with Crippen LogP contribution in [0.1, 0.15) is 5.56 Å². The van der Waals surface area contributed by atoms with Crippen LogP contribution in [-0.2, 0) is 11.3 Å². The highest BCUT2D eigenvalue weighted by Crippen LogP contribution is 2.31. The van der Waals surface area contributed by atoms with Crippen LogP contribution in [0.2, 0.25) is 0 Å². The lowest BCUT2D eigenvalue weighted by molar-refractivity contribution is -0.277. The first kappa shape index (κ1) is 18.9. The summed E-state index contributed by atoms with van der Waals surface area (Å²) >= 11 is 0. The fraction of sp³-hybridized carbons (Fsp3) is 0.333. The van der Waals surface area contributed by atoms with E-state index in [-0.39, 0.29) is 0 Å². The second-order valence-electron chi connectivity index (χ2n) is 6.94. The second kappa shape index (κ2) is 7.90. The van der Waals surface area contributed by atoms with Gasteiger partial charge in [0.05, 0.1) is 12.1 Å². The Morgan fingerprint density at radius 2 is 1.68 bits per heavy atom. The molecule has 1 aliphatic rings. The SMILES string of the molecule is OC[C@H]1O[C@@H](Oc2cccc3ccn(Cc4ccccc4)c23)[C@H](O)[C@@H](O)[C@@H]1O. The molecule has 1 aromatic heterocycles. The number of fused-ring (bicyclic) bond motifs is 1. The van der Waals surface area contributed by atoms with Crippen LogP contribution in [0, 0.1) is 0 Å². The maximum atomic E-state index is 10.3. The fourth-order valence-corrected chi connectivity index (χ4v) is 3.52. The van der Waals surface area contributed by atoms with E-state index in [2.05, 4.69) is 0 Å². The molecular weight excluding hydrogens is 362 g/mol. The molecule has 148 valence electrons. The normalized spacial score (nSPS) is 27.8. The van der Waals surface area contributed by atoms with Gasteiger partial charge >= 0.3 is 0 Å². The molecule has 1 aliphatic heterocycles. The Morgan fingerprint density at radius 1 is 0.893 bits per heavy atom. The molecule has 5 atom stereocenters. The fourth-order valence-electron chi connectivity index (χ4n) is 3.52. The van der Waals surface area contributed by atoms with Crippen LogP contribution in [0.15, 0.2) is 60.8 Å². The summed E-state index contributed by atoms with van der Waals surface area (Å²) in [6.45, 7) is 0.138. The van der Waals surface area contributed by atoms with Crippen LogP contribution in [0.3, 0.4) is 0 Å². The van der Waals surface area contributed by atoms with Crippen LogP contribution in [-0.4, -0.2) is 62.3 Å². The number of nitrogens with zero attached hydrogens (tertiary/aromatic N) is 1. The zero-order valence-electron chi connectivity index (χ0n) is 15.1. The quantitative estimate of drug-likeness (QED) is 0.520. The molecule has 0 bridgehead atoms. The second-order valence-corrected chi connectivity index (χ2v) is 6.94. The molecule has 0 spiro atoms. The van der Waals surface area contributed by atoms with Crippen LogP contribution >= 0.6 is 0 Å². The number of hydrogen-bond donors (Lipinski definition) is 4. The topological polar surface area (TPSA) is 104 Å². The van der Waals surface area contributed by atoms with Crippen molar-refractivity contribution in [3.05, 3.63) is 66.4 Å². The average Bonchev–Trinajstić information content (AvgIpc) is 3.13. The van der Waals surface area contributed by atoms with E-state index in [1.54, 1.807) is 6.07 Å².